The fourth-order valence-electron chi connectivity index (χ4n) is 1.43. The van der Waals surface area contributed by atoms with Crippen LogP contribution in [0, 0.1) is 0 Å². The van der Waals surface area contributed by atoms with E-state index in [0.717, 1.165) is 16.5 Å². The second-order valence-electron chi connectivity index (χ2n) is 3.72. The molecule has 0 aliphatic carbocycles. The van der Waals surface area contributed by atoms with E-state index in [1.807, 2.05) is 19.1 Å². The van der Waals surface area contributed by atoms with Crippen molar-refractivity contribution in [3.63, 3.8) is 0 Å². The molecule has 94 valence electrons. The Bertz CT molecular complexity index is 421. The Hall–Kier alpha value is 0.430. The molecule has 1 unspecified atom stereocenters. The van der Waals surface area contributed by atoms with Gasteiger partial charge in [0, 0.05) is 10.9 Å². The Morgan fingerprint density at radius 3 is 2.59 bits per heavy atom. The van der Waals surface area contributed by atoms with Crippen LogP contribution >= 0.6 is 55.1 Å². The number of hydrogen-bond acceptors (Lipinski definition) is 1. The van der Waals surface area contributed by atoms with Crippen molar-refractivity contribution >= 4 is 60.8 Å². The van der Waals surface area contributed by atoms with Crippen LogP contribution in [-0.2, 0) is 11.2 Å². The average Bonchev–Trinajstić information content (AvgIpc) is 2.30. The number of benzene rings is 1. The van der Waals surface area contributed by atoms with Gasteiger partial charge in [0.25, 0.3) is 0 Å². The number of rotatable bonds is 5. The third-order valence-corrected chi connectivity index (χ3v) is 5.00. The maximum atomic E-state index is 11.7. The standard InChI is InChI=1S/C12H12Br2Cl2O/c1-2-3-10(17)9(14)6-7-4-5-8(13)12(16)11(7)15/h4-5,9H,2-3,6H2,1H3. The van der Waals surface area contributed by atoms with Crippen molar-refractivity contribution in [1.82, 2.24) is 0 Å². The van der Waals surface area contributed by atoms with Gasteiger partial charge in [0.05, 0.1) is 14.9 Å². The summed E-state index contributed by atoms with van der Waals surface area (Å²) in [5.41, 5.74) is 0.881. The second kappa shape index (κ2) is 7.13. The van der Waals surface area contributed by atoms with E-state index in [0.29, 0.717) is 22.9 Å². The topological polar surface area (TPSA) is 17.1 Å². The van der Waals surface area contributed by atoms with Gasteiger partial charge in [-0.05, 0) is 40.4 Å². The lowest BCUT2D eigenvalue weighted by Crippen LogP contribution is -2.16. The maximum absolute atomic E-state index is 11.7. The highest BCUT2D eigenvalue weighted by Crippen LogP contribution is 2.34. The molecule has 0 aliphatic rings. The summed E-state index contributed by atoms with van der Waals surface area (Å²) in [6, 6.07) is 3.72. The van der Waals surface area contributed by atoms with Crippen LogP contribution in [0.4, 0.5) is 0 Å². The van der Waals surface area contributed by atoms with Gasteiger partial charge in [0.1, 0.15) is 5.78 Å². The second-order valence-corrected chi connectivity index (χ2v) is 6.44. The molecule has 0 fully saturated rings. The first-order chi connectivity index (χ1) is 7.97. The molecule has 1 aromatic rings. The molecule has 17 heavy (non-hydrogen) atoms. The zero-order valence-corrected chi connectivity index (χ0v) is 14.0. The van der Waals surface area contributed by atoms with Gasteiger partial charge in [-0.25, -0.2) is 0 Å². The summed E-state index contributed by atoms with van der Waals surface area (Å²) < 4.78 is 0.763. The van der Waals surface area contributed by atoms with Crippen molar-refractivity contribution < 1.29 is 4.79 Å². The zero-order valence-electron chi connectivity index (χ0n) is 9.27. The first-order valence-corrected chi connectivity index (χ1v) is 7.73. The van der Waals surface area contributed by atoms with Crippen LogP contribution in [0.1, 0.15) is 25.3 Å². The number of alkyl halides is 1. The zero-order chi connectivity index (χ0) is 13.0. The summed E-state index contributed by atoms with van der Waals surface area (Å²) in [6.07, 6.45) is 2.00. The molecule has 0 aromatic heterocycles. The number of Topliss-reactive ketones (excluding diaryl/α,β-unsaturated/α-hetero) is 1. The van der Waals surface area contributed by atoms with Crippen LogP contribution in [-0.4, -0.2) is 10.6 Å². The Labute approximate surface area is 128 Å². The lowest BCUT2D eigenvalue weighted by atomic mass is 10.1. The highest BCUT2D eigenvalue weighted by molar-refractivity contribution is 9.10. The van der Waals surface area contributed by atoms with Gasteiger partial charge >= 0.3 is 0 Å². The fourth-order valence-corrected chi connectivity index (χ4v) is 2.88. The Morgan fingerprint density at radius 1 is 1.35 bits per heavy atom. The molecule has 0 N–H and O–H groups in total. The molecule has 0 heterocycles. The van der Waals surface area contributed by atoms with Gasteiger partial charge in [-0.1, -0.05) is 52.1 Å². The fraction of sp³-hybridized carbons (Fsp3) is 0.417. The third-order valence-electron chi connectivity index (χ3n) is 2.36. The van der Waals surface area contributed by atoms with Gasteiger partial charge in [-0.15, -0.1) is 0 Å². The third kappa shape index (κ3) is 4.23. The lowest BCUT2D eigenvalue weighted by Gasteiger charge is -2.11. The lowest BCUT2D eigenvalue weighted by molar-refractivity contribution is -0.118. The van der Waals surface area contributed by atoms with E-state index in [4.69, 9.17) is 23.2 Å². The minimum absolute atomic E-state index is 0.197. The molecule has 0 saturated heterocycles. The summed E-state index contributed by atoms with van der Waals surface area (Å²) in [7, 11) is 0. The van der Waals surface area contributed by atoms with Crippen LogP contribution < -0.4 is 0 Å². The number of carbonyl (C=O) groups excluding carboxylic acids is 1. The largest absolute Gasteiger partial charge is 0.298 e. The molecule has 1 nitrogen and oxygen atoms in total. The summed E-state index contributed by atoms with van der Waals surface area (Å²) in [5.74, 6) is 0.197. The maximum Gasteiger partial charge on any atom is 0.146 e. The van der Waals surface area contributed by atoms with Crippen molar-refractivity contribution in [2.45, 2.75) is 31.0 Å². The van der Waals surface area contributed by atoms with Crippen LogP contribution in [0.25, 0.3) is 0 Å². The minimum atomic E-state index is -0.197. The van der Waals surface area contributed by atoms with Crippen LogP contribution in [0.3, 0.4) is 0 Å². The van der Waals surface area contributed by atoms with Crippen molar-refractivity contribution in [2.24, 2.45) is 0 Å². The Kier molecular flexibility index (Phi) is 6.49. The highest BCUT2D eigenvalue weighted by atomic mass is 79.9. The van der Waals surface area contributed by atoms with E-state index in [-0.39, 0.29) is 10.6 Å². The van der Waals surface area contributed by atoms with Gasteiger partial charge < -0.3 is 0 Å². The summed E-state index contributed by atoms with van der Waals surface area (Å²) >= 11 is 18.9. The van der Waals surface area contributed by atoms with E-state index in [1.165, 1.54) is 0 Å². The number of ketones is 1. The van der Waals surface area contributed by atoms with Crippen molar-refractivity contribution in [3.8, 4) is 0 Å². The Morgan fingerprint density at radius 2 is 2.00 bits per heavy atom. The summed E-state index contributed by atoms with van der Waals surface area (Å²) in [6.45, 7) is 1.99. The smallest absolute Gasteiger partial charge is 0.146 e. The predicted molar refractivity (Wildman–Crippen MR) is 80.5 cm³/mol. The minimum Gasteiger partial charge on any atom is -0.298 e. The summed E-state index contributed by atoms with van der Waals surface area (Å²) in [5, 5.41) is 1.00. The van der Waals surface area contributed by atoms with Gasteiger partial charge in [0.2, 0.25) is 0 Å². The van der Waals surface area contributed by atoms with Crippen molar-refractivity contribution in [1.29, 1.82) is 0 Å². The molecule has 0 saturated carbocycles. The number of hydrogen-bond donors (Lipinski definition) is 0. The van der Waals surface area contributed by atoms with Crippen molar-refractivity contribution in [3.05, 3.63) is 32.2 Å². The number of carbonyl (C=O) groups is 1. The quantitative estimate of drug-likeness (QED) is 0.474. The van der Waals surface area contributed by atoms with Gasteiger partial charge in [0.15, 0.2) is 0 Å². The molecule has 0 amide bonds. The molecular formula is C12H12Br2Cl2O. The molecular weight excluding hydrogens is 391 g/mol. The van der Waals surface area contributed by atoms with Gasteiger partial charge in [-0.2, -0.15) is 0 Å². The summed E-state index contributed by atoms with van der Waals surface area (Å²) in [4.78, 5) is 11.5. The molecule has 5 heteroatoms. The molecule has 0 aliphatic heterocycles. The number of halogens is 4. The molecule has 1 rings (SSSR count). The van der Waals surface area contributed by atoms with Crippen molar-refractivity contribution in [2.75, 3.05) is 0 Å². The van der Waals surface area contributed by atoms with E-state index >= 15 is 0 Å². The van der Waals surface area contributed by atoms with E-state index in [1.54, 1.807) is 0 Å². The first-order valence-electron chi connectivity index (χ1n) is 5.26. The van der Waals surface area contributed by atoms with Crippen LogP contribution in [0.15, 0.2) is 16.6 Å². The van der Waals surface area contributed by atoms with Crippen LogP contribution in [0.5, 0.6) is 0 Å². The molecule has 1 atom stereocenters. The molecule has 1 aromatic carbocycles. The van der Waals surface area contributed by atoms with E-state index in [9.17, 15) is 4.79 Å². The SMILES string of the molecule is CCCC(=O)C(Br)Cc1ccc(Br)c(Cl)c1Cl. The first kappa shape index (κ1) is 15.5. The van der Waals surface area contributed by atoms with E-state index in [2.05, 4.69) is 31.9 Å². The molecule has 0 spiro atoms. The average molecular weight is 403 g/mol. The van der Waals surface area contributed by atoms with E-state index < -0.39 is 0 Å². The van der Waals surface area contributed by atoms with Crippen LogP contribution in [0.2, 0.25) is 10.0 Å². The Balaban J connectivity index is 2.82. The predicted octanol–water partition coefficient (Wildman–Crippen LogP) is 5.43. The highest BCUT2D eigenvalue weighted by Gasteiger charge is 2.17. The molecule has 0 radical (unpaired) electrons. The van der Waals surface area contributed by atoms with Gasteiger partial charge in [-0.3, -0.25) is 4.79 Å². The monoisotopic (exact) mass is 400 g/mol. The molecule has 0 bridgehead atoms. The normalized spacial score (nSPS) is 12.5.